The fourth-order valence-electron chi connectivity index (χ4n) is 2.34. The summed E-state index contributed by atoms with van der Waals surface area (Å²) in [6, 6.07) is -2.30. The minimum absolute atomic E-state index is 0. The van der Waals surface area contributed by atoms with E-state index in [1.165, 1.54) is 0 Å². The molecule has 0 aromatic heterocycles. The topological polar surface area (TPSA) is 115 Å². The van der Waals surface area contributed by atoms with Crippen molar-refractivity contribution in [2.75, 3.05) is 0 Å². The van der Waals surface area contributed by atoms with Crippen molar-refractivity contribution in [1.29, 1.82) is 0 Å². The Balaban J connectivity index is 0.00000180. The molecule has 0 aromatic carbocycles. The molecule has 2 unspecified atom stereocenters. The van der Waals surface area contributed by atoms with Gasteiger partial charge in [0.15, 0.2) is 12.1 Å². The molecule has 2 saturated heterocycles. The van der Waals surface area contributed by atoms with E-state index in [4.69, 9.17) is 10.2 Å². The second-order valence-corrected chi connectivity index (χ2v) is 4.26. The van der Waals surface area contributed by atoms with Gasteiger partial charge in [0.05, 0.1) is 0 Å². The molecule has 8 nitrogen and oxygen atoms in total. The number of hydrogen-bond acceptors (Lipinski definition) is 4. The van der Waals surface area contributed by atoms with E-state index in [-0.39, 0.29) is 84.8 Å². The number of carboxylic acids is 2. The van der Waals surface area contributed by atoms with Crippen molar-refractivity contribution in [3.8, 4) is 0 Å². The van der Waals surface area contributed by atoms with Crippen LogP contribution in [0.2, 0.25) is 0 Å². The number of carbonyl (C=O) groups is 4. The van der Waals surface area contributed by atoms with Crippen LogP contribution in [0.3, 0.4) is 0 Å². The first-order valence-corrected chi connectivity index (χ1v) is 5.53. The van der Waals surface area contributed by atoms with Gasteiger partial charge in [-0.2, -0.15) is 0 Å². The SMILES string of the molecule is O=C(O)C1CCC(=O)N1N1C(=O)CCC1C(=O)O.[NaH].[NaH]. The second-order valence-electron chi connectivity index (χ2n) is 4.26. The van der Waals surface area contributed by atoms with Gasteiger partial charge in [-0.15, -0.1) is 0 Å². The van der Waals surface area contributed by atoms with Crippen LogP contribution < -0.4 is 0 Å². The van der Waals surface area contributed by atoms with Gasteiger partial charge in [-0.25, -0.2) is 19.6 Å². The third-order valence-corrected chi connectivity index (χ3v) is 3.17. The number of nitrogens with zero attached hydrogens (tertiary/aromatic N) is 2. The van der Waals surface area contributed by atoms with Crippen LogP contribution in [0, 0.1) is 0 Å². The van der Waals surface area contributed by atoms with Crippen LogP contribution in [0.1, 0.15) is 25.7 Å². The predicted molar refractivity (Wildman–Crippen MR) is 69.3 cm³/mol. The van der Waals surface area contributed by atoms with Crippen molar-refractivity contribution < 1.29 is 29.4 Å². The summed E-state index contributed by atoms with van der Waals surface area (Å²) in [5.41, 5.74) is 0. The van der Waals surface area contributed by atoms with Crippen LogP contribution in [0.4, 0.5) is 0 Å². The second kappa shape index (κ2) is 7.77. The molecule has 2 aliphatic rings. The van der Waals surface area contributed by atoms with Crippen LogP contribution in [0.5, 0.6) is 0 Å². The van der Waals surface area contributed by atoms with E-state index in [1.54, 1.807) is 0 Å². The molecule has 20 heavy (non-hydrogen) atoms. The maximum atomic E-state index is 11.7. The van der Waals surface area contributed by atoms with Crippen molar-refractivity contribution in [3.05, 3.63) is 0 Å². The maximum absolute atomic E-state index is 11.7. The standard InChI is InChI=1S/C10H12N2O6.2Na.2H/c13-7-3-1-5(9(15)16)11(7)12-6(10(17)18)2-4-8(12)14;;;;/h5-6H,1-4H2,(H,15,16)(H,17,18);;;;. The van der Waals surface area contributed by atoms with E-state index in [1.807, 2.05) is 0 Å². The number of hydrazine groups is 1. The van der Waals surface area contributed by atoms with Crippen molar-refractivity contribution in [2.45, 2.75) is 37.8 Å². The molecule has 10 heteroatoms. The average molecular weight is 304 g/mol. The number of hydrogen-bond donors (Lipinski definition) is 2. The van der Waals surface area contributed by atoms with Crippen LogP contribution in [0.15, 0.2) is 0 Å². The molecule has 0 bridgehead atoms. The number of rotatable bonds is 3. The summed E-state index contributed by atoms with van der Waals surface area (Å²) in [5, 5.41) is 19.6. The van der Waals surface area contributed by atoms with Crippen molar-refractivity contribution in [1.82, 2.24) is 10.0 Å². The molecule has 2 rings (SSSR count). The van der Waals surface area contributed by atoms with Gasteiger partial charge < -0.3 is 10.2 Å². The molecular weight excluding hydrogens is 290 g/mol. The van der Waals surface area contributed by atoms with E-state index in [0.717, 1.165) is 10.0 Å². The summed E-state index contributed by atoms with van der Waals surface area (Å²) >= 11 is 0. The molecule has 2 atom stereocenters. The molecule has 2 amide bonds. The van der Waals surface area contributed by atoms with E-state index in [2.05, 4.69) is 0 Å². The zero-order chi connectivity index (χ0) is 13.4. The fraction of sp³-hybridized carbons (Fsp3) is 0.600. The summed E-state index contributed by atoms with van der Waals surface area (Å²) in [4.78, 5) is 45.4. The van der Waals surface area contributed by atoms with Crippen molar-refractivity contribution in [2.24, 2.45) is 0 Å². The van der Waals surface area contributed by atoms with Gasteiger partial charge in [-0.1, -0.05) is 0 Å². The Morgan fingerprint density at radius 2 is 1.15 bits per heavy atom. The molecule has 0 aliphatic carbocycles. The molecule has 2 N–H and O–H groups in total. The summed E-state index contributed by atoms with van der Waals surface area (Å²) in [6.45, 7) is 0. The average Bonchev–Trinajstić information content (AvgIpc) is 2.81. The Hall–Kier alpha value is -0.120. The number of aliphatic carboxylic acids is 2. The minimum atomic E-state index is -1.23. The van der Waals surface area contributed by atoms with Crippen LogP contribution in [0.25, 0.3) is 0 Å². The number of carboxylic acid groups (broad SMARTS) is 2. The van der Waals surface area contributed by atoms with Gasteiger partial charge in [0, 0.05) is 12.8 Å². The quantitative estimate of drug-likeness (QED) is 0.569. The van der Waals surface area contributed by atoms with E-state index >= 15 is 0 Å². The molecule has 2 aliphatic heterocycles. The number of amides is 2. The first-order chi connectivity index (χ1) is 8.43. The van der Waals surface area contributed by atoms with E-state index in [9.17, 15) is 19.2 Å². The molecule has 0 saturated carbocycles. The molecule has 2 heterocycles. The van der Waals surface area contributed by atoms with Crippen molar-refractivity contribution >= 4 is 82.9 Å². The van der Waals surface area contributed by atoms with Gasteiger partial charge in [-0.3, -0.25) is 9.59 Å². The molecule has 0 aromatic rings. The third-order valence-electron chi connectivity index (χ3n) is 3.17. The molecular formula is C10H14N2Na2O6. The predicted octanol–water partition coefficient (Wildman–Crippen LogP) is -2.24. The Labute approximate surface area is 159 Å². The fourth-order valence-corrected chi connectivity index (χ4v) is 2.34. The van der Waals surface area contributed by atoms with Gasteiger partial charge >= 0.3 is 71.1 Å². The Kier molecular flexibility index (Phi) is 7.72. The van der Waals surface area contributed by atoms with Crippen LogP contribution in [-0.4, -0.2) is 115 Å². The Bertz CT molecular complexity index is 403. The molecule has 2 fully saturated rings. The monoisotopic (exact) mass is 304 g/mol. The molecule has 102 valence electrons. The third kappa shape index (κ3) is 3.55. The molecule has 0 spiro atoms. The molecule has 0 radical (unpaired) electrons. The first kappa shape index (κ1) is 19.9. The van der Waals surface area contributed by atoms with Gasteiger partial charge in [-0.05, 0) is 12.8 Å². The van der Waals surface area contributed by atoms with Gasteiger partial charge in [0.1, 0.15) is 0 Å². The summed E-state index contributed by atoms with van der Waals surface area (Å²) < 4.78 is 0. The number of carbonyl (C=O) groups excluding carboxylic acids is 2. The van der Waals surface area contributed by atoms with E-state index < -0.39 is 35.8 Å². The van der Waals surface area contributed by atoms with Gasteiger partial charge in [0.2, 0.25) is 11.8 Å². The van der Waals surface area contributed by atoms with E-state index in [0.29, 0.717) is 0 Å². The summed E-state index contributed by atoms with van der Waals surface area (Å²) in [6.07, 6.45) is 0.189. The Morgan fingerprint density at radius 3 is 1.40 bits per heavy atom. The normalized spacial score (nSPS) is 25.2. The zero-order valence-corrected chi connectivity index (χ0v) is 9.40. The summed E-state index contributed by atoms with van der Waals surface area (Å²) in [5.74, 6) is -3.51. The zero-order valence-electron chi connectivity index (χ0n) is 9.40. The van der Waals surface area contributed by atoms with Gasteiger partial charge in [0.25, 0.3) is 0 Å². The van der Waals surface area contributed by atoms with Crippen LogP contribution >= 0.6 is 0 Å². The first-order valence-electron chi connectivity index (χ1n) is 5.53. The van der Waals surface area contributed by atoms with Crippen LogP contribution in [-0.2, 0) is 19.2 Å². The summed E-state index contributed by atoms with van der Waals surface area (Å²) in [7, 11) is 0. The van der Waals surface area contributed by atoms with Crippen molar-refractivity contribution in [3.63, 3.8) is 0 Å². The Morgan fingerprint density at radius 1 is 0.850 bits per heavy atom.